The molecule has 8 heteroatoms. The van der Waals surface area contributed by atoms with Crippen molar-refractivity contribution in [1.29, 1.82) is 0 Å². The second-order valence-corrected chi connectivity index (χ2v) is 9.03. The van der Waals surface area contributed by atoms with Gasteiger partial charge in [-0.3, -0.25) is 14.5 Å². The maximum atomic E-state index is 12.9. The van der Waals surface area contributed by atoms with E-state index in [1.54, 1.807) is 30.5 Å². The van der Waals surface area contributed by atoms with Crippen molar-refractivity contribution < 1.29 is 19.1 Å². The van der Waals surface area contributed by atoms with Crippen LogP contribution in [0.2, 0.25) is 0 Å². The van der Waals surface area contributed by atoms with Gasteiger partial charge >= 0.3 is 5.97 Å². The van der Waals surface area contributed by atoms with Crippen molar-refractivity contribution in [2.24, 2.45) is 0 Å². The van der Waals surface area contributed by atoms with Gasteiger partial charge in [0.05, 0.1) is 0 Å². The Morgan fingerprint density at radius 1 is 0.944 bits per heavy atom. The lowest BCUT2D eigenvalue weighted by Gasteiger charge is -2.35. The number of hydrogen-bond donors (Lipinski definition) is 1. The Labute approximate surface area is 211 Å². The molecule has 2 aromatic carbocycles. The van der Waals surface area contributed by atoms with Gasteiger partial charge in [-0.15, -0.1) is 0 Å². The summed E-state index contributed by atoms with van der Waals surface area (Å²) in [5.41, 5.74) is 2.20. The third-order valence-corrected chi connectivity index (χ3v) is 6.85. The summed E-state index contributed by atoms with van der Waals surface area (Å²) >= 11 is 0. The van der Waals surface area contributed by atoms with Gasteiger partial charge in [0, 0.05) is 68.4 Å². The number of benzene rings is 2. The number of H-pyrrole nitrogens is 1. The Morgan fingerprint density at radius 3 is 2.33 bits per heavy atom. The molecular weight excluding hydrogens is 456 g/mol. The second kappa shape index (κ2) is 12.0. The van der Waals surface area contributed by atoms with E-state index in [1.165, 1.54) is 0 Å². The Hall–Kier alpha value is -3.49. The molecule has 1 fully saturated rings. The number of nitrogens with one attached hydrogen (secondary N) is 1. The number of aromatic amines is 1. The average molecular weight is 491 g/mol. The molecule has 190 valence electrons. The number of para-hydroxylation sites is 1. The smallest absolute Gasteiger partial charge is 0.380 e. The lowest BCUT2D eigenvalue weighted by molar-refractivity contribution is -0.146. The van der Waals surface area contributed by atoms with Crippen LogP contribution in [-0.4, -0.2) is 89.7 Å². The summed E-state index contributed by atoms with van der Waals surface area (Å²) in [6.07, 6.45) is 1.70. The molecule has 0 atom stereocenters. The summed E-state index contributed by atoms with van der Waals surface area (Å²) in [5.74, 6) is -1.34. The molecule has 4 rings (SSSR count). The number of Topliss-reactive ketones (excluding diaryl/α,β-unsaturated/α-hetero) is 1. The largest absolute Gasteiger partial charge is 0.421 e. The highest BCUT2D eigenvalue weighted by molar-refractivity contribution is 6.35. The molecule has 1 amide bonds. The fourth-order valence-electron chi connectivity index (χ4n) is 4.53. The molecule has 3 aromatic rings. The average Bonchev–Trinajstić information content (AvgIpc) is 3.32. The van der Waals surface area contributed by atoms with Gasteiger partial charge in [-0.1, -0.05) is 32.0 Å². The van der Waals surface area contributed by atoms with E-state index in [2.05, 4.69) is 28.6 Å². The van der Waals surface area contributed by atoms with Crippen LogP contribution in [0, 0.1) is 0 Å². The maximum Gasteiger partial charge on any atom is 0.380 e. The first-order chi connectivity index (χ1) is 17.5. The van der Waals surface area contributed by atoms with Crippen molar-refractivity contribution in [1.82, 2.24) is 19.7 Å². The van der Waals surface area contributed by atoms with Gasteiger partial charge in [0.1, 0.15) is 5.75 Å². The minimum absolute atomic E-state index is 0.0355. The summed E-state index contributed by atoms with van der Waals surface area (Å²) in [6.45, 7) is 11.6. The van der Waals surface area contributed by atoms with Crippen molar-refractivity contribution in [2.75, 3.05) is 52.4 Å². The molecule has 2 heterocycles. The summed E-state index contributed by atoms with van der Waals surface area (Å²) in [7, 11) is 0. The summed E-state index contributed by atoms with van der Waals surface area (Å²) in [4.78, 5) is 47.5. The van der Waals surface area contributed by atoms with Crippen LogP contribution >= 0.6 is 0 Å². The highest BCUT2D eigenvalue weighted by Gasteiger charge is 2.23. The lowest BCUT2D eigenvalue weighted by Crippen LogP contribution is -2.50. The summed E-state index contributed by atoms with van der Waals surface area (Å²) in [5, 5.41) is 0.909. The number of rotatable bonds is 10. The number of aromatic nitrogens is 1. The first kappa shape index (κ1) is 25.6. The summed E-state index contributed by atoms with van der Waals surface area (Å²) < 4.78 is 5.26. The zero-order chi connectivity index (χ0) is 25.5. The number of esters is 1. The summed E-state index contributed by atoms with van der Waals surface area (Å²) in [6, 6.07) is 14.0. The SMILES string of the molecule is CCN(CC)CCN1CCN(C(=O)c2ccc(OC(=O)C(=O)Cc3c[nH]c4ccccc34)cc2)CC1. The van der Waals surface area contributed by atoms with Crippen LogP contribution in [0.4, 0.5) is 0 Å². The molecule has 0 bridgehead atoms. The molecule has 0 saturated carbocycles. The zero-order valence-corrected chi connectivity index (χ0v) is 21.0. The van der Waals surface area contributed by atoms with E-state index in [0.29, 0.717) is 18.7 Å². The number of carbonyl (C=O) groups excluding carboxylic acids is 3. The molecule has 0 aliphatic carbocycles. The quantitative estimate of drug-likeness (QED) is 0.267. The number of hydrogen-bond acceptors (Lipinski definition) is 6. The zero-order valence-electron chi connectivity index (χ0n) is 21.0. The Morgan fingerprint density at radius 2 is 1.64 bits per heavy atom. The standard InChI is InChI=1S/C28H34N4O4/c1-3-30(4-2)13-14-31-15-17-32(18-16-31)27(34)21-9-11-23(12-10-21)36-28(35)26(33)19-22-20-29-25-8-6-5-7-24(22)25/h5-12,20,29H,3-4,13-19H2,1-2H3. The van der Waals surface area contributed by atoms with Gasteiger partial charge in [0.2, 0.25) is 5.78 Å². The Balaban J connectivity index is 1.26. The first-order valence-electron chi connectivity index (χ1n) is 12.6. The van der Waals surface area contributed by atoms with Gasteiger partial charge in [-0.25, -0.2) is 4.79 Å². The van der Waals surface area contributed by atoms with Crippen LogP contribution in [0.5, 0.6) is 5.75 Å². The first-order valence-corrected chi connectivity index (χ1v) is 12.6. The van der Waals surface area contributed by atoms with Crippen molar-refractivity contribution in [3.8, 4) is 5.75 Å². The van der Waals surface area contributed by atoms with Crippen LogP contribution < -0.4 is 4.74 Å². The third kappa shape index (κ3) is 6.19. The number of ketones is 1. The van der Waals surface area contributed by atoms with Crippen LogP contribution in [0.3, 0.4) is 0 Å². The second-order valence-electron chi connectivity index (χ2n) is 9.03. The van der Waals surface area contributed by atoms with E-state index in [0.717, 1.165) is 55.7 Å². The van der Waals surface area contributed by atoms with Gasteiger partial charge < -0.3 is 19.5 Å². The normalized spacial score (nSPS) is 14.4. The molecule has 1 aromatic heterocycles. The van der Waals surface area contributed by atoms with Crippen molar-refractivity contribution in [3.05, 3.63) is 65.9 Å². The maximum absolute atomic E-state index is 12.9. The van der Waals surface area contributed by atoms with E-state index in [4.69, 9.17) is 4.74 Å². The van der Waals surface area contributed by atoms with Crippen LogP contribution in [0.1, 0.15) is 29.8 Å². The van der Waals surface area contributed by atoms with Gasteiger partial charge in [-0.05, 0) is 49.0 Å². The highest BCUT2D eigenvalue weighted by Crippen LogP contribution is 2.19. The van der Waals surface area contributed by atoms with Crippen LogP contribution in [0.15, 0.2) is 54.7 Å². The molecule has 8 nitrogen and oxygen atoms in total. The van der Waals surface area contributed by atoms with E-state index >= 15 is 0 Å². The monoisotopic (exact) mass is 490 g/mol. The topological polar surface area (TPSA) is 85.9 Å². The van der Waals surface area contributed by atoms with Crippen LogP contribution in [-0.2, 0) is 16.0 Å². The predicted molar refractivity (Wildman–Crippen MR) is 139 cm³/mol. The fraction of sp³-hybridized carbons (Fsp3) is 0.393. The number of amides is 1. The highest BCUT2D eigenvalue weighted by atomic mass is 16.5. The van der Waals surface area contributed by atoms with Gasteiger partial charge in [0.25, 0.3) is 5.91 Å². The number of piperazine rings is 1. The molecule has 36 heavy (non-hydrogen) atoms. The van der Waals surface area contributed by atoms with Crippen molar-refractivity contribution in [2.45, 2.75) is 20.3 Å². The van der Waals surface area contributed by atoms with E-state index in [9.17, 15) is 14.4 Å². The van der Waals surface area contributed by atoms with Gasteiger partial charge in [0.15, 0.2) is 0 Å². The van der Waals surface area contributed by atoms with Crippen molar-refractivity contribution >= 4 is 28.6 Å². The minimum atomic E-state index is -0.916. The molecule has 1 saturated heterocycles. The third-order valence-electron chi connectivity index (χ3n) is 6.85. The minimum Gasteiger partial charge on any atom is -0.421 e. The van der Waals surface area contributed by atoms with Crippen LogP contribution in [0.25, 0.3) is 10.9 Å². The molecule has 1 aliphatic heterocycles. The Kier molecular flexibility index (Phi) is 8.51. The Bertz CT molecular complexity index is 1190. The van der Waals surface area contributed by atoms with E-state index in [-0.39, 0.29) is 18.1 Å². The predicted octanol–water partition coefficient (Wildman–Crippen LogP) is 2.98. The fourth-order valence-corrected chi connectivity index (χ4v) is 4.53. The molecule has 0 unspecified atom stereocenters. The molecular formula is C28H34N4O4. The lowest BCUT2D eigenvalue weighted by atomic mass is 10.1. The van der Waals surface area contributed by atoms with Gasteiger partial charge in [-0.2, -0.15) is 0 Å². The molecule has 1 aliphatic rings. The van der Waals surface area contributed by atoms with E-state index in [1.807, 2.05) is 29.2 Å². The van der Waals surface area contributed by atoms with E-state index < -0.39 is 11.8 Å². The molecule has 0 radical (unpaired) electrons. The number of nitrogens with zero attached hydrogens (tertiary/aromatic N) is 3. The van der Waals surface area contributed by atoms with Crippen molar-refractivity contribution in [3.63, 3.8) is 0 Å². The number of carbonyl (C=O) groups is 3. The number of ether oxygens (including phenoxy) is 1. The molecule has 1 N–H and O–H groups in total. The number of fused-ring (bicyclic) bond motifs is 1. The molecule has 0 spiro atoms. The number of likely N-dealkylation sites (N-methyl/N-ethyl adjacent to an activating group) is 1.